The number of hydrogen-bond acceptors (Lipinski definition) is 3. The van der Waals surface area contributed by atoms with Crippen molar-refractivity contribution in [2.45, 2.75) is 19.5 Å². The molecule has 4 nitrogen and oxygen atoms in total. The summed E-state index contributed by atoms with van der Waals surface area (Å²) >= 11 is 0. The molecule has 0 unspecified atom stereocenters. The van der Waals surface area contributed by atoms with Gasteiger partial charge >= 0.3 is 0 Å². The number of aromatic nitrogens is 2. The quantitative estimate of drug-likeness (QED) is 0.796. The Kier molecular flexibility index (Phi) is 4.04. The molecule has 3 aromatic rings. The highest BCUT2D eigenvalue weighted by Gasteiger charge is 2.21. The lowest BCUT2D eigenvalue weighted by Crippen LogP contribution is -2.30. The number of halogens is 1. The molecule has 0 bridgehead atoms. The third-order valence-electron chi connectivity index (χ3n) is 4.54. The molecule has 1 aromatic heterocycles. The van der Waals surface area contributed by atoms with Gasteiger partial charge < -0.3 is 4.98 Å². The Morgan fingerprint density at radius 1 is 1.20 bits per heavy atom. The number of fused-ring (bicyclic) bond motifs is 1. The number of aromatic amines is 1. The minimum absolute atomic E-state index is 0.262. The third kappa shape index (κ3) is 3.17. The van der Waals surface area contributed by atoms with Gasteiger partial charge in [-0.3, -0.25) is 4.90 Å². The van der Waals surface area contributed by atoms with E-state index in [1.165, 1.54) is 12.1 Å². The van der Waals surface area contributed by atoms with Gasteiger partial charge in [0.05, 0.1) is 23.0 Å². The third-order valence-corrected chi connectivity index (χ3v) is 4.54. The van der Waals surface area contributed by atoms with E-state index in [-0.39, 0.29) is 5.82 Å². The van der Waals surface area contributed by atoms with E-state index >= 15 is 0 Å². The summed E-state index contributed by atoms with van der Waals surface area (Å²) in [7, 11) is 0. The van der Waals surface area contributed by atoms with Gasteiger partial charge in [0.25, 0.3) is 0 Å². The molecular formula is C20H17FN4. The monoisotopic (exact) mass is 332 g/mol. The second kappa shape index (κ2) is 6.50. The minimum atomic E-state index is -0.262. The molecule has 2 heterocycles. The van der Waals surface area contributed by atoms with Crippen LogP contribution in [0.3, 0.4) is 0 Å². The van der Waals surface area contributed by atoms with Gasteiger partial charge in [0.1, 0.15) is 11.6 Å². The molecule has 1 N–H and O–H groups in total. The first-order valence-electron chi connectivity index (χ1n) is 8.27. The van der Waals surface area contributed by atoms with Crippen molar-refractivity contribution < 1.29 is 4.39 Å². The zero-order valence-electron chi connectivity index (χ0n) is 13.7. The van der Waals surface area contributed by atoms with E-state index in [2.05, 4.69) is 20.9 Å². The highest BCUT2D eigenvalue weighted by atomic mass is 19.1. The first-order chi connectivity index (χ1) is 12.2. The Morgan fingerprint density at radius 2 is 2.08 bits per heavy atom. The van der Waals surface area contributed by atoms with E-state index in [0.29, 0.717) is 5.82 Å². The summed E-state index contributed by atoms with van der Waals surface area (Å²) in [6, 6.07) is 16.4. The van der Waals surface area contributed by atoms with E-state index in [0.717, 1.165) is 54.1 Å². The van der Waals surface area contributed by atoms with Gasteiger partial charge in [-0.25, -0.2) is 9.37 Å². The van der Waals surface area contributed by atoms with Gasteiger partial charge in [0, 0.05) is 31.6 Å². The van der Waals surface area contributed by atoms with Crippen LogP contribution in [0.1, 0.15) is 22.5 Å². The molecule has 4 rings (SSSR count). The van der Waals surface area contributed by atoms with Gasteiger partial charge in [0.2, 0.25) is 0 Å². The molecule has 124 valence electrons. The summed E-state index contributed by atoms with van der Waals surface area (Å²) in [4.78, 5) is 10.3. The molecule has 0 fully saturated rings. The summed E-state index contributed by atoms with van der Waals surface area (Å²) in [6.45, 7) is 2.37. The van der Waals surface area contributed by atoms with Gasteiger partial charge in [-0.15, -0.1) is 0 Å². The molecule has 0 radical (unpaired) electrons. The number of H-pyrrole nitrogens is 1. The number of nitrogens with one attached hydrogen (secondary N) is 1. The topological polar surface area (TPSA) is 55.7 Å². The van der Waals surface area contributed by atoms with Crippen molar-refractivity contribution in [2.24, 2.45) is 0 Å². The molecular weight excluding hydrogens is 315 g/mol. The minimum Gasteiger partial charge on any atom is -0.341 e. The molecule has 0 spiro atoms. The number of nitriles is 1. The normalized spacial score (nSPS) is 14.1. The van der Waals surface area contributed by atoms with Gasteiger partial charge in [-0.05, 0) is 23.8 Å². The maximum Gasteiger partial charge on any atom is 0.137 e. The van der Waals surface area contributed by atoms with Gasteiger partial charge in [-0.1, -0.05) is 30.3 Å². The maximum absolute atomic E-state index is 13.4. The Morgan fingerprint density at radius 3 is 2.92 bits per heavy atom. The van der Waals surface area contributed by atoms with Crippen molar-refractivity contribution in [2.75, 3.05) is 6.54 Å². The van der Waals surface area contributed by atoms with E-state index in [4.69, 9.17) is 0 Å². The largest absolute Gasteiger partial charge is 0.341 e. The van der Waals surface area contributed by atoms with Crippen LogP contribution in [-0.4, -0.2) is 21.4 Å². The Hall–Kier alpha value is -2.97. The standard InChI is InChI=1S/C20H17FN4/c21-17-7-3-6-14(10-17)20-23-18-8-9-25(13-19(18)24-20)12-16-5-2-1-4-15(16)11-22/h1-7,10H,8-9,12-13H2,(H,23,24). The Balaban J connectivity index is 1.55. The van der Waals surface area contributed by atoms with Crippen LogP contribution in [0.2, 0.25) is 0 Å². The van der Waals surface area contributed by atoms with Crippen LogP contribution >= 0.6 is 0 Å². The number of rotatable bonds is 3. The molecule has 0 saturated heterocycles. The average molecular weight is 332 g/mol. The second-order valence-corrected chi connectivity index (χ2v) is 6.25. The molecule has 1 aliphatic heterocycles. The van der Waals surface area contributed by atoms with Gasteiger partial charge in [-0.2, -0.15) is 5.26 Å². The first-order valence-corrected chi connectivity index (χ1v) is 8.27. The van der Waals surface area contributed by atoms with Gasteiger partial charge in [0.15, 0.2) is 0 Å². The van der Waals surface area contributed by atoms with Crippen LogP contribution in [0, 0.1) is 17.1 Å². The summed E-state index contributed by atoms with van der Waals surface area (Å²) in [5.74, 6) is 0.449. The fourth-order valence-corrected chi connectivity index (χ4v) is 3.27. The maximum atomic E-state index is 13.4. The fourth-order valence-electron chi connectivity index (χ4n) is 3.27. The van der Waals surface area contributed by atoms with E-state index in [1.54, 1.807) is 6.07 Å². The predicted octanol–water partition coefficient (Wildman–Crippen LogP) is 3.65. The van der Waals surface area contributed by atoms with Crippen LogP contribution in [0.25, 0.3) is 11.4 Å². The number of nitrogens with zero attached hydrogens (tertiary/aromatic N) is 3. The molecule has 0 aliphatic carbocycles. The zero-order chi connectivity index (χ0) is 17.2. The summed E-state index contributed by atoms with van der Waals surface area (Å²) in [5, 5.41) is 9.24. The first kappa shape index (κ1) is 15.6. The molecule has 2 aromatic carbocycles. The van der Waals surface area contributed by atoms with Crippen molar-refractivity contribution in [3.8, 4) is 17.5 Å². The van der Waals surface area contributed by atoms with E-state index < -0.39 is 0 Å². The summed E-state index contributed by atoms with van der Waals surface area (Å²) in [6.07, 6.45) is 0.843. The Labute approximate surface area is 145 Å². The summed E-state index contributed by atoms with van der Waals surface area (Å²) < 4.78 is 13.4. The van der Waals surface area contributed by atoms with Crippen LogP contribution in [0.4, 0.5) is 4.39 Å². The molecule has 0 amide bonds. The zero-order valence-corrected chi connectivity index (χ0v) is 13.7. The smallest absolute Gasteiger partial charge is 0.137 e. The predicted molar refractivity (Wildman–Crippen MR) is 93.0 cm³/mol. The highest BCUT2D eigenvalue weighted by Crippen LogP contribution is 2.24. The number of imidazole rings is 1. The van der Waals surface area contributed by atoms with Crippen LogP contribution in [0.15, 0.2) is 48.5 Å². The van der Waals surface area contributed by atoms with Crippen molar-refractivity contribution in [1.29, 1.82) is 5.26 Å². The van der Waals surface area contributed by atoms with E-state index in [9.17, 15) is 9.65 Å². The molecule has 5 heteroatoms. The lowest BCUT2D eigenvalue weighted by atomic mass is 10.1. The lowest BCUT2D eigenvalue weighted by Gasteiger charge is -2.26. The highest BCUT2D eigenvalue weighted by molar-refractivity contribution is 5.56. The second-order valence-electron chi connectivity index (χ2n) is 6.25. The summed E-state index contributed by atoms with van der Waals surface area (Å²) in [5.41, 5.74) is 4.64. The number of benzene rings is 2. The van der Waals surface area contributed by atoms with Crippen molar-refractivity contribution in [3.63, 3.8) is 0 Å². The fraction of sp³-hybridized carbons (Fsp3) is 0.200. The van der Waals surface area contributed by atoms with Crippen molar-refractivity contribution in [1.82, 2.24) is 14.9 Å². The average Bonchev–Trinajstić information content (AvgIpc) is 3.05. The molecule has 0 saturated carbocycles. The van der Waals surface area contributed by atoms with E-state index in [1.807, 2.05) is 30.3 Å². The van der Waals surface area contributed by atoms with Crippen LogP contribution < -0.4 is 0 Å². The van der Waals surface area contributed by atoms with Crippen molar-refractivity contribution >= 4 is 0 Å². The van der Waals surface area contributed by atoms with Crippen LogP contribution in [0.5, 0.6) is 0 Å². The van der Waals surface area contributed by atoms with Crippen LogP contribution in [-0.2, 0) is 19.5 Å². The van der Waals surface area contributed by atoms with Crippen molar-refractivity contribution in [3.05, 3.63) is 76.9 Å². The SMILES string of the molecule is N#Cc1ccccc1CN1CCc2nc(-c3cccc(F)c3)[nH]c2C1. The molecule has 25 heavy (non-hydrogen) atoms. The molecule has 1 aliphatic rings. The Bertz CT molecular complexity index is 954. The lowest BCUT2D eigenvalue weighted by molar-refractivity contribution is 0.241. The molecule has 0 atom stereocenters. The number of hydrogen-bond donors (Lipinski definition) is 1.